The van der Waals surface area contributed by atoms with Crippen LogP contribution in [0.5, 0.6) is 0 Å². The van der Waals surface area contributed by atoms with Gasteiger partial charge in [-0.3, -0.25) is 9.59 Å². The highest BCUT2D eigenvalue weighted by Gasteiger charge is 2.56. The molecule has 21 heteroatoms. The Morgan fingerprint density at radius 3 is 1.12 bits per heavy atom. The van der Waals surface area contributed by atoms with Crippen molar-refractivity contribution in [1.29, 1.82) is 0 Å². The van der Waals surface area contributed by atoms with Crippen molar-refractivity contribution in [1.82, 2.24) is 0 Å². The van der Waals surface area contributed by atoms with Crippen LogP contribution in [0.1, 0.15) is 78.6 Å². The molecule has 0 heterocycles. The van der Waals surface area contributed by atoms with Crippen molar-refractivity contribution in [2.75, 3.05) is 72.7 Å². The quantitative estimate of drug-likeness (QED) is 0.0334. The van der Waals surface area contributed by atoms with Crippen LogP contribution in [-0.4, -0.2) is 137 Å². The first-order valence-electron chi connectivity index (χ1n) is 25.3. The van der Waals surface area contributed by atoms with Gasteiger partial charge in [-0.2, -0.15) is 0 Å². The Balaban J connectivity index is 0.00000102. The monoisotopic (exact) mass is 1100 g/mol. The molecule has 3 aliphatic carbocycles. The summed E-state index contributed by atoms with van der Waals surface area (Å²) in [5.41, 5.74) is -2.07. The van der Waals surface area contributed by atoms with Crippen LogP contribution in [-0.2, 0) is 95.3 Å². The van der Waals surface area contributed by atoms with Gasteiger partial charge in [-0.25, -0.2) is 38.4 Å². The van der Waals surface area contributed by atoms with E-state index in [-0.39, 0.29) is 63.5 Å². The van der Waals surface area contributed by atoms with E-state index in [0.717, 1.165) is 86.0 Å². The molecule has 2 bridgehead atoms. The Bertz CT molecular complexity index is 1960. The molecule has 1 N–H and O–H groups in total. The fourth-order valence-corrected chi connectivity index (χ4v) is 8.52. The van der Waals surface area contributed by atoms with Gasteiger partial charge < -0.3 is 52.5 Å². The van der Waals surface area contributed by atoms with Crippen molar-refractivity contribution in [2.24, 2.45) is 46.3 Å². The van der Waals surface area contributed by atoms with Gasteiger partial charge in [-0.15, -0.1) is 0 Å². The molecular weight excluding hydrogens is 1020 g/mol. The zero-order valence-corrected chi connectivity index (χ0v) is 45.5. The van der Waals surface area contributed by atoms with Crippen molar-refractivity contribution in [3.63, 3.8) is 0 Å². The number of aliphatic hydroxyl groups excluding tert-OH is 1. The highest BCUT2D eigenvalue weighted by atomic mass is 16.6. The van der Waals surface area contributed by atoms with Gasteiger partial charge in [0.05, 0.1) is 43.9 Å². The SMILES string of the molecule is C=CC(=O)OCC(CC)(COC(C)=O)COC(=O)C=C.C=CC(=O)OCC(CO)(COC(=O)C=C)COC(=O)C=C.C=CC(=O)OCC1CC2CC1C1CC(COC(C)=O)CC21.C=CC(=O)OCCCCCCOC(=O)C=C. The highest BCUT2D eigenvalue weighted by Crippen LogP contribution is 2.62. The molecule has 3 rings (SSSR count). The van der Waals surface area contributed by atoms with Gasteiger partial charge >= 0.3 is 59.7 Å². The van der Waals surface area contributed by atoms with E-state index in [9.17, 15) is 53.1 Å². The molecule has 78 heavy (non-hydrogen) atoms. The second kappa shape index (κ2) is 39.9. The summed E-state index contributed by atoms with van der Waals surface area (Å²) in [5, 5.41) is 9.48. The van der Waals surface area contributed by atoms with Gasteiger partial charge in [0.2, 0.25) is 0 Å². The number of carbonyl (C=O) groups is 10. The molecule has 3 aliphatic rings. The first-order chi connectivity index (χ1) is 37.1. The number of carbonyl (C=O) groups excluding carboxylic acids is 10. The lowest BCUT2D eigenvalue weighted by atomic mass is 9.76. The molecule has 0 aromatic rings. The number of esters is 10. The lowest BCUT2D eigenvalue weighted by Crippen LogP contribution is -2.42. The summed E-state index contributed by atoms with van der Waals surface area (Å²) in [6.07, 6.45) is 17.3. The van der Waals surface area contributed by atoms with E-state index < -0.39 is 53.3 Å². The first-order valence-corrected chi connectivity index (χ1v) is 25.3. The van der Waals surface area contributed by atoms with Crippen LogP contribution in [0.2, 0.25) is 0 Å². The standard InChI is InChI=1S/C17H24O4.C14H18O7.C14H20O6.C12H18O4/c1-3-17(19)21-9-13-6-12-7-15(13)16-5-11(4-14(12)16)8-20-10(2)18;1-4-11(16)19-8-14(7-15,9-20-12(17)5-2)10-21-13(18)6-3;1-5-12(16)19-9-14(7-3,8-18-11(4)15)10-20-13(17)6-2;1-3-11(13)15-9-7-5-6-8-10-16-12(14)4-2/h3,11-16H,1,4-9H2,2H3;4-6,15H,1-3,7-10H2;5-6H,1-2,7-10H2,3-4H3;3-4H,1-2,5-10H2. The van der Waals surface area contributed by atoms with Crippen LogP contribution in [0.15, 0.2) is 101 Å². The first kappa shape index (κ1) is 70.6. The van der Waals surface area contributed by atoms with E-state index >= 15 is 0 Å². The van der Waals surface area contributed by atoms with Crippen LogP contribution in [0.25, 0.3) is 0 Å². The maximum atomic E-state index is 11.2. The molecule has 0 aromatic heterocycles. The Morgan fingerprint density at radius 1 is 0.410 bits per heavy atom. The molecule has 6 atom stereocenters. The number of fused-ring (bicyclic) bond motifs is 5. The average Bonchev–Trinajstić information content (AvgIpc) is 4.19. The molecule has 3 fully saturated rings. The molecule has 21 nitrogen and oxygen atoms in total. The van der Waals surface area contributed by atoms with Gasteiger partial charge in [0.15, 0.2) is 0 Å². The fourth-order valence-electron chi connectivity index (χ4n) is 8.52. The van der Waals surface area contributed by atoms with Crippen molar-refractivity contribution in [2.45, 2.75) is 78.6 Å². The molecule has 3 saturated carbocycles. The smallest absolute Gasteiger partial charge is 0.330 e. The normalized spacial score (nSPS) is 18.0. The number of ether oxygens (including phenoxy) is 10. The number of aliphatic hydroxyl groups is 1. The zero-order chi connectivity index (χ0) is 59.1. The fraction of sp³-hybridized carbons (Fsp3) is 0.544. The van der Waals surface area contributed by atoms with E-state index in [2.05, 4.69) is 52.6 Å². The third kappa shape index (κ3) is 29.2. The topological polar surface area (TPSA) is 283 Å². The Kier molecular flexibility index (Phi) is 36.1. The molecule has 0 saturated heterocycles. The number of unbranched alkanes of at least 4 members (excludes halogenated alkanes) is 3. The van der Waals surface area contributed by atoms with E-state index in [0.29, 0.717) is 50.6 Å². The lowest BCUT2D eigenvalue weighted by Gasteiger charge is -2.31. The Morgan fingerprint density at radius 2 is 0.756 bits per heavy atom. The summed E-state index contributed by atoms with van der Waals surface area (Å²) in [6, 6.07) is 0. The maximum absolute atomic E-state index is 11.2. The molecule has 6 unspecified atom stereocenters. The zero-order valence-electron chi connectivity index (χ0n) is 45.5. The number of hydrogen-bond donors (Lipinski definition) is 1. The minimum atomic E-state index is -1.28. The van der Waals surface area contributed by atoms with Gasteiger partial charge in [0.25, 0.3) is 0 Å². The average molecular weight is 1100 g/mol. The van der Waals surface area contributed by atoms with Gasteiger partial charge in [-0.05, 0) is 93.3 Å². The van der Waals surface area contributed by atoms with Crippen LogP contribution >= 0.6 is 0 Å². The van der Waals surface area contributed by atoms with Crippen molar-refractivity contribution in [3.8, 4) is 0 Å². The predicted molar refractivity (Wildman–Crippen MR) is 283 cm³/mol. The molecule has 0 aliphatic heterocycles. The highest BCUT2D eigenvalue weighted by molar-refractivity contribution is 5.83. The van der Waals surface area contributed by atoms with Gasteiger partial charge in [0, 0.05) is 62.5 Å². The predicted octanol–water partition coefficient (Wildman–Crippen LogP) is 6.14. The number of hydrogen-bond acceptors (Lipinski definition) is 21. The van der Waals surface area contributed by atoms with Gasteiger partial charge in [0.1, 0.15) is 39.6 Å². The maximum Gasteiger partial charge on any atom is 0.330 e. The third-order valence-corrected chi connectivity index (χ3v) is 12.8. The van der Waals surface area contributed by atoms with Crippen LogP contribution < -0.4 is 0 Å². The van der Waals surface area contributed by atoms with Crippen molar-refractivity contribution < 1.29 is 100 Å². The van der Waals surface area contributed by atoms with E-state index in [4.69, 9.17) is 47.4 Å². The summed E-state index contributed by atoms with van der Waals surface area (Å²) in [5.74, 6) is -1.01. The minimum absolute atomic E-state index is 0.0202. The van der Waals surface area contributed by atoms with E-state index in [1.54, 1.807) is 0 Å². The molecule has 434 valence electrons. The van der Waals surface area contributed by atoms with Crippen LogP contribution in [0.4, 0.5) is 0 Å². The molecule has 0 aromatic carbocycles. The van der Waals surface area contributed by atoms with Gasteiger partial charge in [-0.1, -0.05) is 59.6 Å². The second-order valence-electron chi connectivity index (χ2n) is 18.5. The van der Waals surface area contributed by atoms with E-state index in [1.165, 1.54) is 45.6 Å². The van der Waals surface area contributed by atoms with Crippen LogP contribution in [0.3, 0.4) is 0 Å². The number of rotatable bonds is 33. The van der Waals surface area contributed by atoms with E-state index in [1.807, 2.05) is 6.92 Å². The summed E-state index contributed by atoms with van der Waals surface area (Å²) in [7, 11) is 0. The lowest BCUT2D eigenvalue weighted by molar-refractivity contribution is -0.160. The summed E-state index contributed by atoms with van der Waals surface area (Å²) in [6.45, 7) is 31.1. The molecule has 0 radical (unpaired) electrons. The summed E-state index contributed by atoms with van der Waals surface area (Å²) in [4.78, 5) is 110. The Labute approximate surface area is 457 Å². The molecule has 0 spiro atoms. The summed E-state index contributed by atoms with van der Waals surface area (Å²) >= 11 is 0. The third-order valence-electron chi connectivity index (χ3n) is 12.8. The largest absolute Gasteiger partial charge is 0.466 e. The van der Waals surface area contributed by atoms with Crippen LogP contribution in [0, 0.1) is 46.3 Å². The summed E-state index contributed by atoms with van der Waals surface area (Å²) < 4.78 is 49.4. The van der Waals surface area contributed by atoms with Crippen molar-refractivity contribution >= 4 is 59.7 Å². The Hall–Kier alpha value is -7.42. The minimum Gasteiger partial charge on any atom is -0.466 e. The molecule has 0 amide bonds. The second-order valence-corrected chi connectivity index (χ2v) is 18.5. The van der Waals surface area contributed by atoms with Crippen molar-refractivity contribution in [3.05, 3.63) is 101 Å². The molecular formula is C57H80O21.